The highest BCUT2D eigenvalue weighted by atomic mass is 31.2. The van der Waals surface area contributed by atoms with E-state index in [4.69, 9.17) is 14.4 Å². The smallest absolute Gasteiger partial charge is 0.317 e. The minimum Gasteiger partial charge on any atom is -0.317 e. The van der Waals surface area contributed by atoms with Crippen LogP contribution < -0.4 is 10.8 Å². The van der Waals surface area contributed by atoms with E-state index in [0.717, 1.165) is 13.1 Å². The second-order valence-electron chi connectivity index (χ2n) is 1.55. The summed E-state index contributed by atoms with van der Waals surface area (Å²) in [7, 11) is -4.14. The maximum absolute atomic E-state index is 9.10. The van der Waals surface area contributed by atoms with Gasteiger partial charge < -0.3 is 15.1 Å². The van der Waals surface area contributed by atoms with Crippen molar-refractivity contribution in [2.45, 2.75) is 13.8 Å². The van der Waals surface area contributed by atoms with Crippen LogP contribution in [-0.2, 0) is 4.57 Å². The van der Waals surface area contributed by atoms with Gasteiger partial charge in [0.2, 0.25) is 0 Å². The maximum atomic E-state index is 9.10. The number of rotatable bonds is 2. The molecule has 64 valence electrons. The average Bonchev–Trinajstić information content (AvgIpc) is 1.63. The van der Waals surface area contributed by atoms with Crippen molar-refractivity contribution >= 4 is 7.75 Å². The second kappa shape index (κ2) is 7.18. The Kier molecular flexibility index (Phi) is 9.13. The van der Waals surface area contributed by atoms with Gasteiger partial charge in [0.1, 0.15) is 0 Å². The monoisotopic (exact) mass is 170 g/mol. The molecule has 0 spiro atoms. The Morgan fingerprint density at radius 1 is 1.40 bits per heavy atom. The van der Waals surface area contributed by atoms with Crippen LogP contribution in [0.15, 0.2) is 0 Å². The van der Waals surface area contributed by atoms with Crippen LogP contribution in [0.25, 0.3) is 0 Å². The summed E-state index contributed by atoms with van der Waals surface area (Å²) in [5.41, 5.74) is 4.02. The normalized spacial score (nSPS) is 10.1. The molecule has 0 saturated heterocycles. The molecule has 0 heterocycles. The molecule has 0 aromatic heterocycles. The SMILES string of the molecule is CCNCC.NP(=O)(O)O. The zero-order valence-electron chi connectivity index (χ0n) is 6.24. The first-order valence-corrected chi connectivity index (χ1v) is 4.64. The fourth-order valence-corrected chi connectivity index (χ4v) is 0.250. The lowest BCUT2D eigenvalue weighted by molar-refractivity contribution is 0.374. The minimum atomic E-state index is -4.14. The van der Waals surface area contributed by atoms with E-state index in [2.05, 4.69) is 24.7 Å². The van der Waals surface area contributed by atoms with Gasteiger partial charge in [-0.2, -0.15) is 0 Å². The number of nitrogens with two attached hydrogens (primary N) is 1. The number of hydrogen-bond donors (Lipinski definition) is 4. The zero-order chi connectivity index (χ0) is 8.62. The summed E-state index contributed by atoms with van der Waals surface area (Å²) in [6, 6.07) is 0. The molecule has 0 fully saturated rings. The van der Waals surface area contributed by atoms with Crippen molar-refractivity contribution in [1.82, 2.24) is 5.32 Å². The van der Waals surface area contributed by atoms with Crippen molar-refractivity contribution < 1.29 is 14.4 Å². The predicted octanol–water partition coefficient (Wildman–Crippen LogP) is -0.346. The Morgan fingerprint density at radius 2 is 1.60 bits per heavy atom. The van der Waals surface area contributed by atoms with Gasteiger partial charge in [0, 0.05) is 0 Å². The highest BCUT2D eigenvalue weighted by Crippen LogP contribution is 2.20. The Balaban J connectivity index is 0. The largest absolute Gasteiger partial charge is 0.397 e. The fraction of sp³-hybridized carbons (Fsp3) is 1.00. The van der Waals surface area contributed by atoms with Crippen LogP contribution in [0, 0.1) is 0 Å². The summed E-state index contributed by atoms with van der Waals surface area (Å²) in [6.07, 6.45) is 0. The number of hydrogen-bond acceptors (Lipinski definition) is 2. The molecular weight excluding hydrogens is 155 g/mol. The molecule has 0 saturated carbocycles. The Bertz CT molecular complexity index is 92.4. The van der Waals surface area contributed by atoms with Gasteiger partial charge in [0.15, 0.2) is 0 Å². The van der Waals surface area contributed by atoms with Crippen molar-refractivity contribution in [2.24, 2.45) is 5.50 Å². The lowest BCUT2D eigenvalue weighted by Gasteiger charge is -1.86. The first-order chi connectivity index (χ1) is 4.41. The summed E-state index contributed by atoms with van der Waals surface area (Å²) in [5.74, 6) is 0. The Morgan fingerprint density at radius 3 is 1.60 bits per heavy atom. The molecular formula is C4H15N2O3P. The van der Waals surface area contributed by atoms with E-state index in [1.54, 1.807) is 0 Å². The van der Waals surface area contributed by atoms with Gasteiger partial charge in [0.25, 0.3) is 0 Å². The van der Waals surface area contributed by atoms with Crippen molar-refractivity contribution in [2.75, 3.05) is 13.1 Å². The second-order valence-corrected chi connectivity index (χ2v) is 2.72. The van der Waals surface area contributed by atoms with Crippen LogP contribution >= 0.6 is 7.75 Å². The summed E-state index contributed by atoms with van der Waals surface area (Å²) in [5, 5.41) is 3.11. The van der Waals surface area contributed by atoms with Gasteiger partial charge in [-0.05, 0) is 13.1 Å². The van der Waals surface area contributed by atoms with Crippen LogP contribution in [0.4, 0.5) is 0 Å². The molecule has 0 aromatic carbocycles. The van der Waals surface area contributed by atoms with Crippen molar-refractivity contribution in [3.05, 3.63) is 0 Å². The first kappa shape index (κ1) is 12.7. The van der Waals surface area contributed by atoms with Crippen LogP contribution in [0.3, 0.4) is 0 Å². The van der Waals surface area contributed by atoms with Crippen LogP contribution in [0.1, 0.15) is 13.8 Å². The van der Waals surface area contributed by atoms with Crippen LogP contribution in [0.2, 0.25) is 0 Å². The molecule has 0 radical (unpaired) electrons. The quantitative estimate of drug-likeness (QED) is 0.425. The van der Waals surface area contributed by atoms with E-state index in [0.29, 0.717) is 0 Å². The molecule has 0 atom stereocenters. The van der Waals surface area contributed by atoms with Crippen molar-refractivity contribution in [1.29, 1.82) is 0 Å². The van der Waals surface area contributed by atoms with Gasteiger partial charge in [-0.25, -0.2) is 10.1 Å². The highest BCUT2D eigenvalue weighted by Gasteiger charge is 1.96. The summed E-state index contributed by atoms with van der Waals surface area (Å²) >= 11 is 0. The maximum Gasteiger partial charge on any atom is 0.397 e. The van der Waals surface area contributed by atoms with Crippen LogP contribution in [-0.4, -0.2) is 22.9 Å². The molecule has 0 aliphatic carbocycles. The summed E-state index contributed by atoms with van der Waals surface area (Å²) in [6.45, 7) is 6.39. The van der Waals surface area contributed by atoms with Gasteiger partial charge in [0.05, 0.1) is 0 Å². The average molecular weight is 170 g/mol. The standard InChI is InChI=1S/C4H11N.H4NO3P/c1-3-5-4-2;1-5(2,3)4/h5H,3-4H2,1-2H3;(H4,1,2,3,4). The molecule has 10 heavy (non-hydrogen) atoms. The third-order valence-corrected chi connectivity index (χ3v) is 0.500. The molecule has 5 N–H and O–H groups in total. The van der Waals surface area contributed by atoms with Crippen LogP contribution in [0.5, 0.6) is 0 Å². The van der Waals surface area contributed by atoms with Gasteiger partial charge in [-0.3, -0.25) is 0 Å². The highest BCUT2D eigenvalue weighted by molar-refractivity contribution is 7.49. The Hall–Kier alpha value is 0.0700. The Labute approximate surface area is 60.8 Å². The predicted molar refractivity (Wildman–Crippen MR) is 40.4 cm³/mol. The molecule has 0 amide bonds. The minimum absolute atomic E-state index is 1.09. The van der Waals surface area contributed by atoms with Gasteiger partial charge >= 0.3 is 7.75 Å². The molecule has 0 bridgehead atoms. The third kappa shape index (κ3) is 94.1. The van der Waals surface area contributed by atoms with E-state index < -0.39 is 7.75 Å². The lowest BCUT2D eigenvalue weighted by Crippen LogP contribution is -2.09. The van der Waals surface area contributed by atoms with Crippen molar-refractivity contribution in [3.8, 4) is 0 Å². The van der Waals surface area contributed by atoms with Crippen molar-refractivity contribution in [3.63, 3.8) is 0 Å². The van der Waals surface area contributed by atoms with Gasteiger partial charge in [-0.1, -0.05) is 13.8 Å². The topological polar surface area (TPSA) is 95.6 Å². The fourth-order valence-electron chi connectivity index (χ4n) is 0.250. The molecule has 0 aromatic rings. The molecule has 0 aliphatic heterocycles. The first-order valence-electron chi connectivity index (χ1n) is 2.96. The summed E-state index contributed by atoms with van der Waals surface area (Å²) in [4.78, 5) is 14.8. The molecule has 6 heteroatoms. The number of nitrogens with one attached hydrogen (secondary N) is 1. The zero-order valence-corrected chi connectivity index (χ0v) is 7.14. The molecule has 0 aliphatic rings. The van der Waals surface area contributed by atoms with E-state index in [1.807, 2.05) is 0 Å². The molecule has 5 nitrogen and oxygen atoms in total. The summed E-state index contributed by atoms with van der Waals surface area (Å²) < 4.78 is 9.10. The van der Waals surface area contributed by atoms with E-state index in [-0.39, 0.29) is 0 Å². The lowest BCUT2D eigenvalue weighted by atomic mass is 10.7. The third-order valence-electron chi connectivity index (χ3n) is 0.500. The molecule has 0 unspecified atom stereocenters. The van der Waals surface area contributed by atoms with E-state index in [1.165, 1.54) is 0 Å². The van der Waals surface area contributed by atoms with E-state index >= 15 is 0 Å². The molecule has 0 rings (SSSR count). The van der Waals surface area contributed by atoms with Gasteiger partial charge in [-0.15, -0.1) is 0 Å². The van der Waals surface area contributed by atoms with E-state index in [9.17, 15) is 0 Å².